The second-order valence-electron chi connectivity index (χ2n) is 16.5. The summed E-state index contributed by atoms with van der Waals surface area (Å²) in [5, 5.41) is 9.68. The Morgan fingerprint density at radius 1 is 0.390 bits per heavy atom. The van der Waals surface area contributed by atoms with E-state index in [1.54, 1.807) is 0 Å². The molecule has 1 aromatic heterocycles. The van der Waals surface area contributed by atoms with Crippen molar-refractivity contribution in [1.29, 1.82) is 0 Å². The van der Waals surface area contributed by atoms with Crippen LogP contribution < -0.4 is 4.90 Å². The summed E-state index contributed by atoms with van der Waals surface area (Å²) >= 11 is 0. The van der Waals surface area contributed by atoms with E-state index in [2.05, 4.69) is 219 Å². The Bertz CT molecular complexity index is 3480. The molecule has 12 rings (SSSR count). The van der Waals surface area contributed by atoms with Gasteiger partial charge in [0.1, 0.15) is 11.2 Å². The van der Waals surface area contributed by atoms with Crippen LogP contribution in [-0.2, 0) is 5.41 Å². The average Bonchev–Trinajstić information content (AvgIpc) is 3.78. The average molecular weight is 754 g/mol. The van der Waals surface area contributed by atoms with E-state index < -0.39 is 0 Å². The van der Waals surface area contributed by atoms with Gasteiger partial charge in [-0.3, -0.25) is 0 Å². The lowest BCUT2D eigenvalue weighted by molar-refractivity contribution is 0.660. The zero-order valence-corrected chi connectivity index (χ0v) is 32.9. The minimum absolute atomic E-state index is 0.151. The predicted octanol–water partition coefficient (Wildman–Crippen LogP) is 16.2. The zero-order chi connectivity index (χ0) is 39.2. The number of hydrogen-bond donors (Lipinski definition) is 0. The number of anilines is 3. The van der Waals surface area contributed by atoms with Gasteiger partial charge in [0.05, 0.1) is 5.69 Å². The lowest BCUT2D eigenvalue weighted by Gasteiger charge is -2.30. The molecule has 0 amide bonds. The first kappa shape index (κ1) is 33.7. The van der Waals surface area contributed by atoms with Gasteiger partial charge in [0.15, 0.2) is 0 Å². The van der Waals surface area contributed by atoms with Crippen LogP contribution in [0.25, 0.3) is 87.6 Å². The van der Waals surface area contributed by atoms with E-state index in [-0.39, 0.29) is 5.41 Å². The van der Waals surface area contributed by atoms with Crippen molar-refractivity contribution in [2.24, 2.45) is 0 Å². The molecule has 0 saturated carbocycles. The topological polar surface area (TPSA) is 16.4 Å². The molecule has 1 aliphatic carbocycles. The van der Waals surface area contributed by atoms with Gasteiger partial charge in [0, 0.05) is 33.1 Å². The Hall–Kier alpha value is -7.42. The van der Waals surface area contributed by atoms with Crippen LogP contribution in [0.4, 0.5) is 17.1 Å². The Morgan fingerprint density at radius 2 is 1.02 bits per heavy atom. The van der Waals surface area contributed by atoms with Gasteiger partial charge in [-0.1, -0.05) is 159 Å². The molecule has 2 heteroatoms. The van der Waals surface area contributed by atoms with Crippen LogP contribution in [0.2, 0.25) is 0 Å². The van der Waals surface area contributed by atoms with Gasteiger partial charge in [0.25, 0.3) is 0 Å². The van der Waals surface area contributed by atoms with E-state index in [0.29, 0.717) is 0 Å². The molecule has 1 aliphatic rings. The van der Waals surface area contributed by atoms with Crippen LogP contribution in [0.3, 0.4) is 0 Å². The predicted molar refractivity (Wildman–Crippen MR) is 249 cm³/mol. The molecule has 0 atom stereocenters. The number of fused-ring (bicyclic) bond motifs is 10. The number of furan rings is 1. The molecule has 0 bridgehead atoms. The summed E-state index contributed by atoms with van der Waals surface area (Å²) in [4.78, 5) is 2.46. The molecule has 278 valence electrons. The number of hydrogen-bond acceptors (Lipinski definition) is 2. The first-order valence-corrected chi connectivity index (χ1v) is 20.5. The Balaban J connectivity index is 1.11. The van der Waals surface area contributed by atoms with Crippen LogP contribution in [0.1, 0.15) is 25.0 Å². The van der Waals surface area contributed by atoms with Crippen molar-refractivity contribution in [3.05, 3.63) is 211 Å². The van der Waals surface area contributed by atoms with Crippen LogP contribution in [-0.4, -0.2) is 0 Å². The summed E-state index contributed by atoms with van der Waals surface area (Å²) in [7, 11) is 0. The molecular formula is C57H39NO. The maximum Gasteiger partial charge on any atom is 0.136 e. The van der Waals surface area contributed by atoms with Crippen molar-refractivity contribution in [3.63, 3.8) is 0 Å². The van der Waals surface area contributed by atoms with Gasteiger partial charge < -0.3 is 9.32 Å². The highest BCUT2D eigenvalue weighted by Crippen LogP contribution is 2.52. The molecule has 0 saturated heterocycles. The van der Waals surface area contributed by atoms with Crippen molar-refractivity contribution in [2.75, 3.05) is 4.90 Å². The van der Waals surface area contributed by atoms with Crippen molar-refractivity contribution < 1.29 is 4.42 Å². The first-order valence-electron chi connectivity index (χ1n) is 20.5. The third kappa shape index (κ3) is 5.20. The lowest BCUT2D eigenvalue weighted by Crippen LogP contribution is -2.17. The van der Waals surface area contributed by atoms with Crippen molar-refractivity contribution >= 4 is 71.3 Å². The number of rotatable bonds is 5. The molecule has 0 aliphatic heterocycles. The number of benzene rings is 10. The maximum absolute atomic E-state index is 6.61. The second kappa shape index (κ2) is 12.8. The summed E-state index contributed by atoms with van der Waals surface area (Å²) < 4.78 is 6.61. The Kier molecular flexibility index (Phi) is 7.31. The molecule has 0 fully saturated rings. The quantitative estimate of drug-likeness (QED) is 0.163. The van der Waals surface area contributed by atoms with Crippen LogP contribution >= 0.6 is 0 Å². The fraction of sp³-hybridized carbons (Fsp3) is 0.0526. The van der Waals surface area contributed by atoms with Gasteiger partial charge in [-0.05, 0) is 126 Å². The smallest absolute Gasteiger partial charge is 0.136 e. The molecule has 0 unspecified atom stereocenters. The van der Waals surface area contributed by atoms with E-state index in [9.17, 15) is 0 Å². The monoisotopic (exact) mass is 753 g/mol. The minimum atomic E-state index is -0.151. The van der Waals surface area contributed by atoms with E-state index in [1.807, 2.05) is 0 Å². The van der Waals surface area contributed by atoms with Crippen molar-refractivity contribution in [2.45, 2.75) is 19.3 Å². The SMILES string of the molecule is CC1(C)c2ccccc2-c2ccc(N(c3ccc(-c4ccc5ccccc5c4)cc3)c3ccc4oc5ccccc5c4c3-c3ccc4c(ccc5ccccc54)c3)cc21. The molecule has 0 N–H and O–H groups in total. The van der Waals surface area contributed by atoms with Gasteiger partial charge in [-0.2, -0.15) is 0 Å². The second-order valence-corrected chi connectivity index (χ2v) is 16.5. The zero-order valence-electron chi connectivity index (χ0n) is 32.9. The van der Waals surface area contributed by atoms with Crippen molar-refractivity contribution in [1.82, 2.24) is 0 Å². The first-order chi connectivity index (χ1) is 29.0. The lowest BCUT2D eigenvalue weighted by atomic mass is 9.82. The summed E-state index contributed by atoms with van der Waals surface area (Å²) in [5.74, 6) is 0. The number of para-hydroxylation sites is 1. The highest BCUT2D eigenvalue weighted by molar-refractivity contribution is 6.18. The van der Waals surface area contributed by atoms with Gasteiger partial charge >= 0.3 is 0 Å². The molecule has 59 heavy (non-hydrogen) atoms. The minimum Gasteiger partial charge on any atom is -0.456 e. The summed E-state index contributed by atoms with van der Waals surface area (Å²) in [6.45, 7) is 4.72. The Labute approximate surface area is 343 Å². The third-order valence-electron chi connectivity index (χ3n) is 12.8. The molecule has 1 heterocycles. The van der Waals surface area contributed by atoms with Gasteiger partial charge in [-0.25, -0.2) is 0 Å². The van der Waals surface area contributed by atoms with Crippen molar-refractivity contribution in [3.8, 4) is 33.4 Å². The van der Waals surface area contributed by atoms with Gasteiger partial charge in [-0.15, -0.1) is 0 Å². The summed E-state index contributed by atoms with van der Waals surface area (Å²) in [6.07, 6.45) is 0. The molecule has 11 aromatic rings. The molecule has 0 spiro atoms. The fourth-order valence-electron chi connectivity index (χ4n) is 9.88. The van der Waals surface area contributed by atoms with Crippen LogP contribution in [0.15, 0.2) is 205 Å². The van der Waals surface area contributed by atoms with Gasteiger partial charge in [0.2, 0.25) is 0 Å². The molecule has 0 radical (unpaired) electrons. The highest BCUT2D eigenvalue weighted by atomic mass is 16.3. The molecule has 2 nitrogen and oxygen atoms in total. The molecular weight excluding hydrogens is 715 g/mol. The van der Waals surface area contributed by atoms with Crippen LogP contribution in [0, 0.1) is 0 Å². The largest absolute Gasteiger partial charge is 0.456 e. The van der Waals surface area contributed by atoms with E-state index in [4.69, 9.17) is 4.42 Å². The van der Waals surface area contributed by atoms with E-state index in [0.717, 1.165) is 50.1 Å². The Morgan fingerprint density at radius 3 is 1.90 bits per heavy atom. The van der Waals surface area contributed by atoms with Crippen LogP contribution in [0.5, 0.6) is 0 Å². The van der Waals surface area contributed by atoms with E-state index >= 15 is 0 Å². The molecule has 10 aromatic carbocycles. The third-order valence-corrected chi connectivity index (χ3v) is 12.8. The fourth-order valence-corrected chi connectivity index (χ4v) is 9.88. The maximum atomic E-state index is 6.61. The van der Waals surface area contributed by atoms with E-state index in [1.165, 1.54) is 65.7 Å². The standard InChI is InChI=1S/C57H39NO/c1-57(2)50-17-9-7-15-47(50)48-30-28-44(35-51(48)57)58(43-26-23-37(24-27-43)40-21-19-36-11-3-4-13-39(36)33-40)52-31-32-54-56(49-16-8-10-18-53(49)59-54)55(52)42-25-29-46-41(34-42)22-20-38-12-5-6-14-45(38)46/h3-35H,1-2H3. The summed E-state index contributed by atoms with van der Waals surface area (Å²) in [6, 6.07) is 73.4. The highest BCUT2D eigenvalue weighted by Gasteiger charge is 2.36. The summed E-state index contributed by atoms with van der Waals surface area (Å²) in [5.41, 5.74) is 14.9. The number of nitrogens with zero attached hydrogens (tertiary/aromatic N) is 1. The normalized spacial score (nSPS) is 13.1.